The first kappa shape index (κ1) is 14.9. The molecule has 0 radical (unpaired) electrons. The minimum atomic E-state index is -2.90. The average Bonchev–Trinajstić information content (AvgIpc) is 2.16. The first-order chi connectivity index (χ1) is 6.74. The van der Waals surface area contributed by atoms with Crippen LogP contribution in [-0.2, 0) is 27.7 Å². The molecule has 0 N–H and O–H groups in total. The van der Waals surface area contributed by atoms with E-state index in [4.69, 9.17) is 9.96 Å². The van der Waals surface area contributed by atoms with Gasteiger partial charge in [-0.1, -0.05) is 0 Å². The van der Waals surface area contributed by atoms with Gasteiger partial charge in [-0.25, -0.2) is 0 Å². The summed E-state index contributed by atoms with van der Waals surface area (Å²) in [6, 6.07) is 0. The normalized spacial score (nSPS) is 12.0. The van der Waals surface area contributed by atoms with Gasteiger partial charge in [0.15, 0.2) is 0 Å². The summed E-state index contributed by atoms with van der Waals surface area (Å²) in [6.07, 6.45) is 1.00. The average molecular weight is 258 g/mol. The summed E-state index contributed by atoms with van der Waals surface area (Å²) >= 11 is 1.30. The molecule has 0 fully saturated rings. The van der Waals surface area contributed by atoms with E-state index in [1.165, 1.54) is 0 Å². The molecule has 0 aromatic carbocycles. The van der Waals surface area contributed by atoms with Crippen molar-refractivity contribution in [3.05, 3.63) is 0 Å². The Morgan fingerprint density at radius 1 is 0.929 bits per heavy atom. The fourth-order valence-electron chi connectivity index (χ4n) is 1.30. The Morgan fingerprint density at radius 2 is 1.36 bits per heavy atom. The van der Waals surface area contributed by atoms with Crippen molar-refractivity contribution in [3.8, 4) is 0 Å². The SMILES string of the molecule is CC[O][Ti]([CH2]CCS)([O]CC)[O]CC. The summed E-state index contributed by atoms with van der Waals surface area (Å²) in [5, 5.41) is 0. The van der Waals surface area contributed by atoms with E-state index in [9.17, 15) is 0 Å². The fraction of sp³-hybridized carbons (Fsp3) is 1.00. The summed E-state index contributed by atoms with van der Waals surface area (Å²) in [6.45, 7) is 7.97. The van der Waals surface area contributed by atoms with Crippen LogP contribution in [0.2, 0.25) is 4.73 Å². The zero-order chi connectivity index (χ0) is 10.9. The molecular formula is C9H22O3STi. The molecule has 0 saturated carbocycles. The van der Waals surface area contributed by atoms with Crippen LogP contribution in [0.3, 0.4) is 0 Å². The van der Waals surface area contributed by atoms with Crippen LogP contribution in [0.25, 0.3) is 0 Å². The predicted octanol–water partition coefficient (Wildman–Crippen LogP) is 2.73. The van der Waals surface area contributed by atoms with Crippen molar-refractivity contribution in [2.24, 2.45) is 0 Å². The third kappa shape index (κ3) is 5.74. The quantitative estimate of drug-likeness (QED) is 0.509. The van der Waals surface area contributed by atoms with Crippen LogP contribution in [-0.4, -0.2) is 25.6 Å². The third-order valence-electron chi connectivity index (χ3n) is 1.73. The summed E-state index contributed by atoms with van der Waals surface area (Å²) in [5.74, 6) is 0.861. The van der Waals surface area contributed by atoms with Crippen LogP contribution in [0.4, 0.5) is 0 Å². The van der Waals surface area contributed by atoms with Gasteiger partial charge < -0.3 is 0 Å². The molecule has 0 saturated heterocycles. The van der Waals surface area contributed by atoms with Gasteiger partial charge in [0, 0.05) is 0 Å². The summed E-state index contributed by atoms with van der Waals surface area (Å²) in [4.78, 5) is 0. The van der Waals surface area contributed by atoms with Crippen molar-refractivity contribution in [2.75, 3.05) is 25.6 Å². The van der Waals surface area contributed by atoms with Gasteiger partial charge in [0.25, 0.3) is 0 Å². The molecule has 14 heavy (non-hydrogen) atoms. The zero-order valence-electron chi connectivity index (χ0n) is 9.41. The molecule has 0 unspecified atom stereocenters. The van der Waals surface area contributed by atoms with Crippen LogP contribution < -0.4 is 0 Å². The topological polar surface area (TPSA) is 27.7 Å². The molecule has 3 nitrogen and oxygen atoms in total. The molecule has 0 rings (SSSR count). The van der Waals surface area contributed by atoms with E-state index in [1.807, 2.05) is 20.8 Å². The molecular weight excluding hydrogens is 236 g/mol. The first-order valence-corrected chi connectivity index (χ1v) is 8.92. The Morgan fingerprint density at radius 3 is 1.64 bits per heavy atom. The molecule has 0 aliphatic heterocycles. The van der Waals surface area contributed by atoms with Crippen LogP contribution in [0.15, 0.2) is 0 Å². The van der Waals surface area contributed by atoms with Gasteiger partial charge in [0.2, 0.25) is 0 Å². The second kappa shape index (κ2) is 9.19. The summed E-state index contributed by atoms with van der Waals surface area (Å²) in [7, 11) is 0. The van der Waals surface area contributed by atoms with Crippen molar-refractivity contribution in [1.82, 2.24) is 0 Å². The molecule has 0 aromatic rings. The number of rotatable bonds is 9. The molecule has 0 aromatic heterocycles. The Hall–Kier alpha value is 0.944. The predicted molar refractivity (Wildman–Crippen MR) is 58.2 cm³/mol. The van der Waals surface area contributed by atoms with Gasteiger partial charge in [0.05, 0.1) is 0 Å². The standard InChI is InChI=1S/C3H7S.3C2H5O.Ti/c1-2-3-4;3*1-2-3;/h4H,1-3H2;3*2H2,1H3;/q;3*-1;+3. The van der Waals surface area contributed by atoms with Crippen molar-refractivity contribution in [1.29, 1.82) is 0 Å². The van der Waals surface area contributed by atoms with Crippen LogP contribution in [0.1, 0.15) is 27.2 Å². The summed E-state index contributed by atoms with van der Waals surface area (Å²) < 4.78 is 18.1. The monoisotopic (exact) mass is 258 g/mol. The van der Waals surface area contributed by atoms with Crippen molar-refractivity contribution >= 4 is 12.6 Å². The zero-order valence-corrected chi connectivity index (χ0v) is 11.9. The molecule has 86 valence electrons. The Bertz CT molecular complexity index is 118. The molecule has 0 heterocycles. The van der Waals surface area contributed by atoms with E-state index < -0.39 is 17.8 Å². The third-order valence-corrected chi connectivity index (χ3v) is 6.97. The maximum absolute atomic E-state index is 5.72. The van der Waals surface area contributed by atoms with E-state index in [0.717, 1.165) is 16.9 Å². The van der Waals surface area contributed by atoms with Gasteiger partial charge in [-0.05, 0) is 0 Å². The van der Waals surface area contributed by atoms with E-state index in [2.05, 4.69) is 12.6 Å². The van der Waals surface area contributed by atoms with Crippen molar-refractivity contribution < 1.29 is 27.7 Å². The Kier molecular flexibility index (Phi) is 9.81. The minimum absolute atomic E-state index is 0.673. The maximum atomic E-state index is 5.72. The van der Waals surface area contributed by atoms with Gasteiger partial charge in [0.1, 0.15) is 0 Å². The second-order valence-electron chi connectivity index (χ2n) is 2.81. The molecule has 0 amide bonds. The molecule has 0 aliphatic carbocycles. The van der Waals surface area contributed by atoms with E-state index in [0.29, 0.717) is 19.8 Å². The molecule has 0 bridgehead atoms. The number of thiol groups is 1. The summed E-state index contributed by atoms with van der Waals surface area (Å²) in [5.41, 5.74) is 0. The molecule has 5 heteroatoms. The molecule has 0 atom stereocenters. The van der Waals surface area contributed by atoms with Gasteiger partial charge >= 0.3 is 97.8 Å². The van der Waals surface area contributed by atoms with E-state index in [-0.39, 0.29) is 0 Å². The van der Waals surface area contributed by atoms with Crippen molar-refractivity contribution in [2.45, 2.75) is 31.9 Å². The molecule has 0 spiro atoms. The number of hydrogen-bond acceptors (Lipinski definition) is 4. The fourth-order valence-corrected chi connectivity index (χ4v) is 6.00. The van der Waals surface area contributed by atoms with Crippen LogP contribution >= 0.6 is 12.6 Å². The van der Waals surface area contributed by atoms with E-state index in [1.54, 1.807) is 0 Å². The van der Waals surface area contributed by atoms with Gasteiger partial charge in [-0.2, -0.15) is 0 Å². The molecule has 0 aliphatic rings. The van der Waals surface area contributed by atoms with Gasteiger partial charge in [-0.15, -0.1) is 0 Å². The van der Waals surface area contributed by atoms with E-state index >= 15 is 0 Å². The Labute approximate surface area is 97.7 Å². The number of hydrogen-bond donors (Lipinski definition) is 1. The van der Waals surface area contributed by atoms with Crippen molar-refractivity contribution in [3.63, 3.8) is 0 Å². The second-order valence-corrected chi connectivity index (χ2v) is 7.52. The van der Waals surface area contributed by atoms with Crippen LogP contribution in [0, 0.1) is 0 Å². The Balaban J connectivity index is 4.21. The first-order valence-electron chi connectivity index (χ1n) is 5.27. The van der Waals surface area contributed by atoms with Crippen LogP contribution in [0.5, 0.6) is 0 Å². The van der Waals surface area contributed by atoms with Gasteiger partial charge in [-0.3, -0.25) is 0 Å².